The molecule has 0 aromatic heterocycles. The normalized spacial score (nSPS) is 10.5. The number of phenols is 2. The summed E-state index contributed by atoms with van der Waals surface area (Å²) in [4.78, 5) is 9.76. The molecular formula is C6H5N3O4. The number of aromatic hydroxyl groups is 2. The van der Waals surface area contributed by atoms with Crippen LogP contribution in [0, 0.1) is 10.1 Å². The lowest BCUT2D eigenvalue weighted by atomic mass is 10.3. The van der Waals surface area contributed by atoms with Gasteiger partial charge >= 0.3 is 0 Å². The summed E-state index contributed by atoms with van der Waals surface area (Å²) in [6.45, 7) is 0. The molecule has 0 bridgehead atoms. The highest BCUT2D eigenvalue weighted by atomic mass is 16.7. The van der Waals surface area contributed by atoms with Crippen molar-refractivity contribution in [1.29, 1.82) is 0 Å². The maximum atomic E-state index is 9.76. The number of nitrogens with zero attached hydrogens (tertiary/aromatic N) is 3. The van der Waals surface area contributed by atoms with Gasteiger partial charge in [-0.1, -0.05) is 0 Å². The van der Waals surface area contributed by atoms with E-state index in [2.05, 4.69) is 10.3 Å². The number of hydrogen-bond acceptors (Lipinski definition) is 5. The molecule has 1 rings (SSSR count). The van der Waals surface area contributed by atoms with Gasteiger partial charge in [-0.3, -0.25) is 0 Å². The van der Waals surface area contributed by atoms with Crippen LogP contribution in [0.15, 0.2) is 28.5 Å². The predicted molar refractivity (Wildman–Crippen MR) is 41.3 cm³/mol. The van der Waals surface area contributed by atoms with Crippen LogP contribution < -0.4 is 0 Å². The van der Waals surface area contributed by atoms with Crippen LogP contribution in [0.1, 0.15) is 0 Å². The molecule has 13 heavy (non-hydrogen) atoms. The van der Waals surface area contributed by atoms with Crippen molar-refractivity contribution < 1.29 is 15.2 Å². The Morgan fingerprint density at radius 3 is 2.62 bits per heavy atom. The minimum absolute atomic E-state index is 0.0745. The second-order valence-corrected chi connectivity index (χ2v) is 2.10. The van der Waals surface area contributed by atoms with Crippen LogP contribution in [0.2, 0.25) is 0 Å². The molecule has 1 aromatic rings. The minimum Gasteiger partial charge on any atom is -0.508 e. The Kier molecular flexibility index (Phi) is 2.38. The maximum absolute atomic E-state index is 9.76. The largest absolute Gasteiger partial charge is 0.508 e. The molecule has 0 aliphatic heterocycles. The molecule has 2 N–H and O–H groups in total. The molecule has 1 aromatic carbocycles. The van der Waals surface area contributed by atoms with Crippen molar-refractivity contribution in [1.82, 2.24) is 0 Å². The van der Waals surface area contributed by atoms with Gasteiger partial charge in [-0.05, 0) is 12.1 Å². The lowest BCUT2D eigenvalue weighted by Crippen LogP contribution is -1.80. The zero-order valence-electron chi connectivity index (χ0n) is 6.28. The van der Waals surface area contributed by atoms with Gasteiger partial charge in [-0.2, -0.15) is 0 Å². The van der Waals surface area contributed by atoms with E-state index in [-0.39, 0.29) is 17.2 Å². The molecule has 0 fully saturated rings. The lowest BCUT2D eigenvalue weighted by Gasteiger charge is -1.92. The van der Waals surface area contributed by atoms with Crippen molar-refractivity contribution in [3.05, 3.63) is 28.3 Å². The van der Waals surface area contributed by atoms with Crippen LogP contribution >= 0.6 is 0 Å². The summed E-state index contributed by atoms with van der Waals surface area (Å²) in [5, 5.41) is 32.4. The second-order valence-electron chi connectivity index (χ2n) is 2.10. The number of rotatable bonds is 2. The fourth-order valence-corrected chi connectivity index (χ4v) is 0.681. The van der Waals surface area contributed by atoms with Crippen molar-refractivity contribution in [2.45, 2.75) is 0 Å². The predicted octanol–water partition coefficient (Wildman–Crippen LogP) is 1.37. The summed E-state index contributed by atoms with van der Waals surface area (Å²) in [7, 11) is 0. The molecule has 0 heterocycles. The molecule has 0 amide bonds. The number of nitro groups is 1. The first kappa shape index (κ1) is 8.91. The van der Waals surface area contributed by atoms with Crippen LogP contribution in [0.4, 0.5) is 5.69 Å². The summed E-state index contributed by atoms with van der Waals surface area (Å²) < 4.78 is 0. The topological polar surface area (TPSA) is 108 Å². The fourth-order valence-electron chi connectivity index (χ4n) is 0.681. The van der Waals surface area contributed by atoms with E-state index in [1.54, 1.807) is 0 Å². The van der Waals surface area contributed by atoms with Gasteiger partial charge in [0.25, 0.3) is 0 Å². The molecule has 0 aliphatic rings. The van der Waals surface area contributed by atoms with Crippen LogP contribution in [0.5, 0.6) is 11.5 Å². The van der Waals surface area contributed by atoms with Crippen LogP contribution in [0.25, 0.3) is 0 Å². The van der Waals surface area contributed by atoms with Gasteiger partial charge in [0.15, 0.2) is 11.0 Å². The third-order valence-electron chi connectivity index (χ3n) is 1.18. The van der Waals surface area contributed by atoms with Gasteiger partial charge in [0.2, 0.25) is 5.69 Å². The third-order valence-corrected chi connectivity index (χ3v) is 1.18. The van der Waals surface area contributed by atoms with E-state index in [0.29, 0.717) is 0 Å². The van der Waals surface area contributed by atoms with Crippen molar-refractivity contribution in [3.63, 3.8) is 0 Å². The smallest absolute Gasteiger partial charge is 0.245 e. The van der Waals surface area contributed by atoms with Crippen LogP contribution in [0.3, 0.4) is 0 Å². The highest BCUT2D eigenvalue weighted by Crippen LogP contribution is 2.29. The molecule has 68 valence electrons. The van der Waals surface area contributed by atoms with Gasteiger partial charge in [0.1, 0.15) is 5.75 Å². The van der Waals surface area contributed by atoms with Crippen LogP contribution in [-0.4, -0.2) is 15.2 Å². The van der Waals surface area contributed by atoms with Crippen molar-refractivity contribution >= 4 is 5.69 Å². The summed E-state index contributed by atoms with van der Waals surface area (Å²) in [5.41, 5.74) is -0.0745. The Hall–Kier alpha value is -2.18. The van der Waals surface area contributed by atoms with Gasteiger partial charge < -0.3 is 20.3 Å². The van der Waals surface area contributed by atoms with E-state index < -0.39 is 5.03 Å². The van der Waals surface area contributed by atoms with E-state index in [1.165, 1.54) is 12.1 Å². The van der Waals surface area contributed by atoms with Crippen molar-refractivity contribution in [2.24, 2.45) is 10.3 Å². The quantitative estimate of drug-likeness (QED) is 0.410. The third kappa shape index (κ3) is 2.40. The first-order valence-electron chi connectivity index (χ1n) is 3.17. The first-order chi connectivity index (χ1) is 6.09. The molecule has 0 unspecified atom stereocenters. The molecule has 0 saturated carbocycles. The van der Waals surface area contributed by atoms with E-state index in [0.717, 1.165) is 6.07 Å². The van der Waals surface area contributed by atoms with E-state index in [1.807, 2.05) is 0 Å². The highest BCUT2D eigenvalue weighted by Gasteiger charge is 2.06. The summed E-state index contributed by atoms with van der Waals surface area (Å²) in [6.07, 6.45) is 0. The van der Waals surface area contributed by atoms with E-state index >= 15 is 0 Å². The zero-order valence-corrected chi connectivity index (χ0v) is 6.28. The standard InChI is InChI=1S/C6H5N3O4/c10-4-1-2-5(6(11)3-4)7-8-9(12)13/h1-3,10-11H. The van der Waals surface area contributed by atoms with Gasteiger partial charge in [0.05, 0.1) is 10.1 Å². The Bertz CT molecular complexity index is 363. The molecule has 7 heteroatoms. The average Bonchev–Trinajstić information content (AvgIpc) is 2.02. The summed E-state index contributed by atoms with van der Waals surface area (Å²) in [5.74, 6) is -0.525. The molecule has 0 saturated heterocycles. The molecular weight excluding hydrogens is 178 g/mol. The zero-order chi connectivity index (χ0) is 9.84. The maximum Gasteiger partial charge on any atom is 0.245 e. The number of phenolic OH excluding ortho intramolecular Hbond substituents is 2. The number of benzene rings is 1. The van der Waals surface area contributed by atoms with Gasteiger partial charge in [-0.25, -0.2) is 0 Å². The molecule has 0 radical (unpaired) electrons. The first-order valence-corrected chi connectivity index (χ1v) is 3.17. The molecule has 0 spiro atoms. The number of hydrogen-bond donors (Lipinski definition) is 2. The van der Waals surface area contributed by atoms with E-state index in [4.69, 9.17) is 10.2 Å². The van der Waals surface area contributed by atoms with Crippen LogP contribution in [-0.2, 0) is 0 Å². The Balaban J connectivity index is 2.96. The minimum atomic E-state index is -0.994. The van der Waals surface area contributed by atoms with Gasteiger partial charge in [0, 0.05) is 6.07 Å². The lowest BCUT2D eigenvalue weighted by molar-refractivity contribution is -0.493. The molecule has 7 nitrogen and oxygen atoms in total. The Morgan fingerprint density at radius 1 is 1.38 bits per heavy atom. The Morgan fingerprint density at radius 2 is 2.08 bits per heavy atom. The Labute approximate surface area is 72.1 Å². The van der Waals surface area contributed by atoms with Gasteiger partial charge in [-0.15, -0.1) is 0 Å². The molecule has 0 aliphatic carbocycles. The van der Waals surface area contributed by atoms with Crippen molar-refractivity contribution in [3.8, 4) is 11.5 Å². The highest BCUT2D eigenvalue weighted by molar-refractivity contribution is 5.53. The summed E-state index contributed by atoms with van der Waals surface area (Å²) >= 11 is 0. The summed E-state index contributed by atoms with van der Waals surface area (Å²) in [6, 6.07) is 3.44. The van der Waals surface area contributed by atoms with Crippen molar-refractivity contribution in [2.75, 3.05) is 0 Å². The SMILES string of the molecule is O=[N+]([O-])N=Nc1ccc(O)cc1O. The molecule has 0 atom stereocenters. The second kappa shape index (κ2) is 3.48. The fraction of sp³-hybridized carbons (Fsp3) is 0. The van der Waals surface area contributed by atoms with E-state index in [9.17, 15) is 10.1 Å². The average molecular weight is 183 g/mol. The monoisotopic (exact) mass is 183 g/mol.